The molecule has 30 heavy (non-hydrogen) atoms. The molecule has 2 aromatic rings. The van der Waals surface area contributed by atoms with Gasteiger partial charge < -0.3 is 15.8 Å². The summed E-state index contributed by atoms with van der Waals surface area (Å²) < 4.78 is 30.6. The van der Waals surface area contributed by atoms with Crippen molar-refractivity contribution in [1.29, 1.82) is 0 Å². The Hall–Kier alpha value is -2.95. The lowest BCUT2D eigenvalue weighted by atomic mass is 10.2. The quantitative estimate of drug-likeness (QED) is 0.614. The fourth-order valence-corrected chi connectivity index (χ4v) is 3.39. The molecule has 0 aromatic heterocycles. The van der Waals surface area contributed by atoms with Crippen molar-refractivity contribution in [2.24, 2.45) is 5.73 Å². The first kappa shape index (κ1) is 23.3. The number of benzene rings is 2. The number of ether oxygens (including phenoxy) is 1. The molecule has 1 atom stereocenters. The minimum Gasteiger partial charge on any atom is -0.449 e. The molecule has 9 nitrogen and oxygen atoms in total. The zero-order valence-electron chi connectivity index (χ0n) is 16.4. The van der Waals surface area contributed by atoms with Crippen LogP contribution in [0.1, 0.15) is 27.6 Å². The molecular weight excluding hydrogens is 434 g/mol. The summed E-state index contributed by atoms with van der Waals surface area (Å²) in [6.45, 7) is 1.35. The van der Waals surface area contributed by atoms with E-state index in [1.165, 1.54) is 57.4 Å². The first-order valence-corrected chi connectivity index (χ1v) is 10.4. The highest BCUT2D eigenvalue weighted by atomic mass is 35.5. The second-order valence-corrected chi connectivity index (χ2v) is 8.97. The third-order valence-corrected chi connectivity index (χ3v) is 6.17. The first-order valence-electron chi connectivity index (χ1n) is 8.57. The van der Waals surface area contributed by atoms with Gasteiger partial charge in [-0.3, -0.25) is 9.59 Å². The minimum atomic E-state index is -3.79. The van der Waals surface area contributed by atoms with Crippen molar-refractivity contribution in [3.63, 3.8) is 0 Å². The molecule has 0 radical (unpaired) electrons. The van der Waals surface area contributed by atoms with Crippen molar-refractivity contribution < 1.29 is 27.5 Å². The lowest BCUT2D eigenvalue weighted by molar-refractivity contribution is -0.123. The molecule has 11 heteroatoms. The highest BCUT2D eigenvalue weighted by molar-refractivity contribution is 7.89. The molecule has 160 valence electrons. The summed E-state index contributed by atoms with van der Waals surface area (Å²) in [5, 5.41) is 2.51. The molecule has 2 amide bonds. The maximum absolute atomic E-state index is 12.5. The van der Waals surface area contributed by atoms with Crippen LogP contribution in [0.5, 0.6) is 0 Å². The number of nitrogens with zero attached hydrogens (tertiary/aromatic N) is 1. The Bertz CT molecular complexity index is 1080. The van der Waals surface area contributed by atoms with Gasteiger partial charge in [0.15, 0.2) is 6.10 Å². The van der Waals surface area contributed by atoms with Gasteiger partial charge in [-0.05, 0) is 49.4 Å². The Labute approximate surface area is 178 Å². The third kappa shape index (κ3) is 5.35. The predicted octanol–water partition coefficient (Wildman–Crippen LogP) is 1.87. The maximum atomic E-state index is 12.5. The first-order chi connectivity index (χ1) is 13.9. The van der Waals surface area contributed by atoms with E-state index < -0.39 is 33.9 Å². The fourth-order valence-electron chi connectivity index (χ4n) is 2.27. The number of anilines is 1. The molecule has 0 unspecified atom stereocenters. The molecule has 0 spiro atoms. The molecule has 0 heterocycles. The lowest BCUT2D eigenvalue weighted by Gasteiger charge is -2.16. The second-order valence-electron chi connectivity index (χ2n) is 6.41. The Morgan fingerprint density at radius 3 is 2.23 bits per heavy atom. The van der Waals surface area contributed by atoms with E-state index in [0.717, 1.165) is 10.4 Å². The number of nitrogens with one attached hydrogen (secondary N) is 1. The van der Waals surface area contributed by atoms with Gasteiger partial charge in [0.1, 0.15) is 0 Å². The highest BCUT2D eigenvalue weighted by Crippen LogP contribution is 2.23. The van der Waals surface area contributed by atoms with Crippen LogP contribution >= 0.6 is 11.6 Å². The van der Waals surface area contributed by atoms with Crippen LogP contribution in [0.15, 0.2) is 47.4 Å². The number of primary amides is 1. The van der Waals surface area contributed by atoms with Crippen LogP contribution in [-0.2, 0) is 19.6 Å². The van der Waals surface area contributed by atoms with Crippen LogP contribution in [0.4, 0.5) is 5.69 Å². The van der Waals surface area contributed by atoms with E-state index in [1.807, 2.05) is 0 Å². The summed E-state index contributed by atoms with van der Waals surface area (Å²) in [5.41, 5.74) is 5.60. The number of sulfonamides is 1. The van der Waals surface area contributed by atoms with Crippen LogP contribution in [0.3, 0.4) is 0 Å². The number of halogens is 1. The van der Waals surface area contributed by atoms with E-state index in [0.29, 0.717) is 5.69 Å². The number of nitrogens with two attached hydrogens (primary N) is 1. The Balaban J connectivity index is 2.13. The summed E-state index contributed by atoms with van der Waals surface area (Å²) in [5.74, 6) is -2.20. The number of carbonyl (C=O) groups excluding carboxylic acids is 3. The smallest absolute Gasteiger partial charge is 0.340 e. The molecule has 0 aliphatic rings. The van der Waals surface area contributed by atoms with Crippen LogP contribution < -0.4 is 11.1 Å². The van der Waals surface area contributed by atoms with Gasteiger partial charge in [-0.1, -0.05) is 11.6 Å². The average molecular weight is 454 g/mol. The van der Waals surface area contributed by atoms with E-state index in [1.54, 1.807) is 0 Å². The van der Waals surface area contributed by atoms with E-state index >= 15 is 0 Å². The standard InChI is InChI=1S/C19H20ClN3O6S/c1-11(18(25)22-13-6-4-12(5-7-13)17(21)24)29-19(26)15-10-14(8-9-16(15)20)30(27,28)23(2)3/h4-11H,1-3H3,(H2,21,24)(H,22,25)/t11-/m1/s1. The van der Waals surface area contributed by atoms with E-state index in [2.05, 4.69) is 5.32 Å². The van der Waals surface area contributed by atoms with Gasteiger partial charge in [-0.2, -0.15) is 0 Å². The van der Waals surface area contributed by atoms with Crippen LogP contribution in [0, 0.1) is 0 Å². The van der Waals surface area contributed by atoms with E-state index in [9.17, 15) is 22.8 Å². The Morgan fingerprint density at radius 1 is 1.10 bits per heavy atom. The second kappa shape index (κ2) is 9.24. The van der Waals surface area contributed by atoms with Crippen molar-refractivity contribution >= 4 is 45.1 Å². The molecule has 0 aliphatic heterocycles. The number of esters is 1. The lowest BCUT2D eigenvalue weighted by Crippen LogP contribution is -2.30. The van der Waals surface area contributed by atoms with Crippen molar-refractivity contribution in [3.05, 3.63) is 58.6 Å². The maximum Gasteiger partial charge on any atom is 0.340 e. The molecule has 0 bridgehead atoms. The van der Waals surface area contributed by atoms with Crippen LogP contribution in [0.2, 0.25) is 5.02 Å². The minimum absolute atomic E-state index is 0.0210. The van der Waals surface area contributed by atoms with Gasteiger partial charge in [0, 0.05) is 25.3 Å². The predicted molar refractivity (Wildman–Crippen MR) is 111 cm³/mol. The van der Waals surface area contributed by atoms with Crippen molar-refractivity contribution in [3.8, 4) is 0 Å². The van der Waals surface area contributed by atoms with Gasteiger partial charge in [0.2, 0.25) is 15.9 Å². The number of hydrogen-bond acceptors (Lipinski definition) is 6. The summed E-state index contributed by atoms with van der Waals surface area (Å²) in [7, 11) is -1.09. The average Bonchev–Trinajstić information content (AvgIpc) is 2.68. The number of carbonyl (C=O) groups is 3. The van der Waals surface area contributed by atoms with Crippen molar-refractivity contribution in [1.82, 2.24) is 4.31 Å². The molecule has 2 aromatic carbocycles. The fraction of sp³-hybridized carbons (Fsp3) is 0.211. The Morgan fingerprint density at radius 2 is 1.70 bits per heavy atom. The van der Waals surface area contributed by atoms with Crippen LogP contribution in [-0.4, -0.2) is 50.7 Å². The van der Waals surface area contributed by atoms with E-state index in [4.69, 9.17) is 22.1 Å². The summed E-state index contributed by atoms with van der Waals surface area (Å²) >= 11 is 6.01. The van der Waals surface area contributed by atoms with Gasteiger partial charge in [-0.15, -0.1) is 0 Å². The molecule has 2 rings (SSSR count). The third-order valence-electron chi connectivity index (χ3n) is 4.03. The molecule has 0 saturated carbocycles. The zero-order valence-corrected chi connectivity index (χ0v) is 18.0. The van der Waals surface area contributed by atoms with Crippen molar-refractivity contribution in [2.45, 2.75) is 17.9 Å². The summed E-state index contributed by atoms with van der Waals surface area (Å²) in [6, 6.07) is 9.43. The summed E-state index contributed by atoms with van der Waals surface area (Å²) in [4.78, 5) is 35.7. The van der Waals surface area contributed by atoms with E-state index in [-0.39, 0.29) is 21.0 Å². The highest BCUT2D eigenvalue weighted by Gasteiger charge is 2.24. The van der Waals surface area contributed by atoms with Crippen molar-refractivity contribution in [2.75, 3.05) is 19.4 Å². The Kier molecular flexibility index (Phi) is 7.19. The molecule has 0 saturated heterocycles. The molecular formula is C19H20ClN3O6S. The number of rotatable bonds is 7. The van der Waals surface area contributed by atoms with Gasteiger partial charge in [0.25, 0.3) is 5.91 Å². The summed E-state index contributed by atoms with van der Waals surface area (Å²) in [6.07, 6.45) is -1.21. The monoisotopic (exact) mass is 453 g/mol. The van der Waals surface area contributed by atoms with Gasteiger partial charge in [0.05, 0.1) is 15.5 Å². The SMILES string of the molecule is C[C@@H](OC(=O)c1cc(S(=O)(=O)N(C)C)ccc1Cl)C(=O)Nc1ccc(C(N)=O)cc1. The number of hydrogen-bond donors (Lipinski definition) is 2. The van der Waals surface area contributed by atoms with Crippen LogP contribution in [0.25, 0.3) is 0 Å². The molecule has 0 fully saturated rings. The topological polar surface area (TPSA) is 136 Å². The molecule has 3 N–H and O–H groups in total. The zero-order chi connectivity index (χ0) is 22.6. The largest absolute Gasteiger partial charge is 0.449 e. The molecule has 0 aliphatic carbocycles. The normalized spacial score (nSPS) is 12.3. The van der Waals surface area contributed by atoms with Gasteiger partial charge >= 0.3 is 5.97 Å². The number of amides is 2. The van der Waals surface area contributed by atoms with Gasteiger partial charge in [-0.25, -0.2) is 17.5 Å².